The average molecular weight is 352 g/mol. The van der Waals surface area contributed by atoms with Gasteiger partial charge in [-0.25, -0.2) is 4.79 Å². The summed E-state index contributed by atoms with van der Waals surface area (Å²) in [6.45, 7) is 3.80. The number of esters is 1. The van der Waals surface area contributed by atoms with E-state index in [-0.39, 0.29) is 30.0 Å². The number of ether oxygens (including phenoxy) is 1. The Morgan fingerprint density at radius 2 is 2.15 bits per heavy atom. The highest BCUT2D eigenvalue weighted by molar-refractivity contribution is 6.13. The SMILES string of the molecule is COC(=O)C1=C[C@H]2C[C@@H]([C@H](C)O)CN3CCc4c(n1c1ccccc41)[C@@H]23. The Kier molecular flexibility index (Phi) is 3.52. The molecule has 2 aromatic rings. The van der Waals surface area contributed by atoms with Crippen LogP contribution in [0, 0.1) is 11.8 Å². The van der Waals surface area contributed by atoms with E-state index in [1.165, 1.54) is 23.8 Å². The van der Waals surface area contributed by atoms with Crippen molar-refractivity contribution in [1.82, 2.24) is 9.47 Å². The molecule has 4 atom stereocenters. The van der Waals surface area contributed by atoms with Crippen molar-refractivity contribution in [3.63, 3.8) is 0 Å². The summed E-state index contributed by atoms with van der Waals surface area (Å²) in [7, 11) is 1.44. The fraction of sp³-hybridized carbons (Fsp3) is 0.476. The topological polar surface area (TPSA) is 54.7 Å². The predicted molar refractivity (Wildman–Crippen MR) is 99.5 cm³/mol. The highest BCUT2D eigenvalue weighted by Gasteiger charge is 2.46. The molecule has 5 heteroatoms. The highest BCUT2D eigenvalue weighted by Crippen LogP contribution is 2.50. The fourth-order valence-corrected chi connectivity index (χ4v) is 5.31. The number of hydrogen-bond donors (Lipinski definition) is 1. The number of fused-ring (bicyclic) bond motifs is 3. The van der Waals surface area contributed by atoms with Crippen LogP contribution < -0.4 is 0 Å². The molecular weight excluding hydrogens is 328 g/mol. The highest BCUT2D eigenvalue weighted by atomic mass is 16.5. The van der Waals surface area contributed by atoms with Gasteiger partial charge < -0.3 is 14.4 Å². The molecule has 0 radical (unpaired) electrons. The maximum absolute atomic E-state index is 12.6. The van der Waals surface area contributed by atoms with Gasteiger partial charge in [-0.15, -0.1) is 0 Å². The molecule has 136 valence electrons. The fourth-order valence-electron chi connectivity index (χ4n) is 5.31. The van der Waals surface area contributed by atoms with E-state index >= 15 is 0 Å². The van der Waals surface area contributed by atoms with Gasteiger partial charge in [0.05, 0.1) is 24.8 Å². The van der Waals surface area contributed by atoms with Crippen LogP contribution in [0.5, 0.6) is 0 Å². The van der Waals surface area contributed by atoms with E-state index in [4.69, 9.17) is 4.74 Å². The first-order chi connectivity index (χ1) is 12.6. The summed E-state index contributed by atoms with van der Waals surface area (Å²) < 4.78 is 7.24. The van der Waals surface area contributed by atoms with Gasteiger partial charge in [0.15, 0.2) is 0 Å². The molecule has 0 spiro atoms. The van der Waals surface area contributed by atoms with Gasteiger partial charge in [0.1, 0.15) is 5.70 Å². The maximum Gasteiger partial charge on any atom is 0.354 e. The summed E-state index contributed by atoms with van der Waals surface area (Å²) in [6, 6.07) is 8.64. The van der Waals surface area contributed by atoms with Crippen LogP contribution in [0.4, 0.5) is 0 Å². The predicted octanol–water partition coefficient (Wildman–Crippen LogP) is 2.58. The van der Waals surface area contributed by atoms with Crippen LogP contribution in [-0.2, 0) is 16.0 Å². The van der Waals surface area contributed by atoms with Crippen LogP contribution in [0.3, 0.4) is 0 Å². The van der Waals surface area contributed by atoms with Crippen molar-refractivity contribution in [3.8, 4) is 0 Å². The molecule has 0 aliphatic carbocycles. The monoisotopic (exact) mass is 352 g/mol. The number of aromatic nitrogens is 1. The number of hydrogen-bond acceptors (Lipinski definition) is 4. The van der Waals surface area contributed by atoms with Crippen LogP contribution in [0.1, 0.15) is 30.6 Å². The molecular formula is C21H24N2O3. The molecule has 0 bridgehead atoms. The van der Waals surface area contributed by atoms with Gasteiger partial charge in [-0.05, 0) is 43.4 Å². The number of benzene rings is 1. The van der Waals surface area contributed by atoms with Crippen molar-refractivity contribution in [2.45, 2.75) is 31.9 Å². The van der Waals surface area contributed by atoms with E-state index < -0.39 is 0 Å². The molecule has 0 saturated carbocycles. The molecule has 4 heterocycles. The Balaban J connectivity index is 1.76. The van der Waals surface area contributed by atoms with Crippen molar-refractivity contribution in [2.24, 2.45) is 11.8 Å². The first-order valence-corrected chi connectivity index (χ1v) is 9.45. The number of carbonyl (C=O) groups is 1. The van der Waals surface area contributed by atoms with Crippen molar-refractivity contribution in [1.29, 1.82) is 0 Å². The lowest BCUT2D eigenvalue weighted by Gasteiger charge is -2.49. The van der Waals surface area contributed by atoms with Crippen molar-refractivity contribution in [3.05, 3.63) is 41.6 Å². The Labute approximate surface area is 152 Å². The van der Waals surface area contributed by atoms with Crippen LogP contribution >= 0.6 is 0 Å². The number of aliphatic hydroxyl groups is 1. The number of para-hydroxylation sites is 1. The molecule has 1 aromatic carbocycles. The zero-order chi connectivity index (χ0) is 18.0. The zero-order valence-corrected chi connectivity index (χ0v) is 15.2. The molecule has 5 nitrogen and oxygen atoms in total. The minimum absolute atomic E-state index is 0.230. The second-order valence-electron chi connectivity index (χ2n) is 7.85. The summed E-state index contributed by atoms with van der Waals surface area (Å²) >= 11 is 0. The summed E-state index contributed by atoms with van der Waals surface area (Å²) in [5, 5.41) is 11.4. The van der Waals surface area contributed by atoms with Gasteiger partial charge >= 0.3 is 5.97 Å². The van der Waals surface area contributed by atoms with Crippen molar-refractivity contribution in [2.75, 3.05) is 20.2 Å². The van der Waals surface area contributed by atoms with E-state index in [2.05, 4.69) is 33.7 Å². The Morgan fingerprint density at radius 3 is 2.92 bits per heavy atom. The van der Waals surface area contributed by atoms with E-state index in [9.17, 15) is 9.90 Å². The molecule has 1 aromatic heterocycles. The normalized spacial score (nSPS) is 28.4. The zero-order valence-electron chi connectivity index (χ0n) is 15.2. The molecule has 1 N–H and O–H groups in total. The molecule has 1 fully saturated rings. The van der Waals surface area contributed by atoms with Gasteiger partial charge in [0.2, 0.25) is 0 Å². The lowest BCUT2D eigenvalue weighted by atomic mass is 9.75. The minimum atomic E-state index is -0.333. The molecule has 0 unspecified atom stereocenters. The number of methoxy groups -OCH3 is 1. The van der Waals surface area contributed by atoms with Crippen LogP contribution in [0.2, 0.25) is 0 Å². The maximum atomic E-state index is 12.6. The Bertz CT molecular complexity index is 927. The van der Waals surface area contributed by atoms with Crippen molar-refractivity contribution >= 4 is 22.6 Å². The van der Waals surface area contributed by atoms with Crippen LogP contribution in [0.15, 0.2) is 30.3 Å². The molecule has 26 heavy (non-hydrogen) atoms. The number of rotatable bonds is 2. The number of nitrogens with zero attached hydrogens (tertiary/aromatic N) is 2. The first kappa shape index (κ1) is 16.1. The third-order valence-electron chi connectivity index (χ3n) is 6.48. The standard InChI is InChI=1S/C21H24N2O3/c1-12(24)14-9-13-10-18(21(25)26-2)23-17-6-4-3-5-15(17)16-7-8-22(11-14)19(13)20(16)23/h3-6,10,12-14,19,24H,7-9,11H2,1-2H3/t12-,13+,14+,19+/m0/s1. The van der Waals surface area contributed by atoms with Gasteiger partial charge in [-0.2, -0.15) is 0 Å². The van der Waals surface area contributed by atoms with E-state index in [1.54, 1.807) is 0 Å². The summed E-state index contributed by atoms with van der Waals surface area (Å²) in [5.41, 5.74) is 4.35. The van der Waals surface area contributed by atoms with E-state index in [0.29, 0.717) is 5.70 Å². The van der Waals surface area contributed by atoms with E-state index in [1.807, 2.05) is 13.0 Å². The quantitative estimate of drug-likeness (QED) is 0.844. The second-order valence-corrected chi connectivity index (χ2v) is 7.85. The smallest absolute Gasteiger partial charge is 0.354 e. The third kappa shape index (κ3) is 2.07. The van der Waals surface area contributed by atoms with Gasteiger partial charge in [0, 0.05) is 30.1 Å². The molecule has 1 saturated heterocycles. The van der Waals surface area contributed by atoms with Gasteiger partial charge in [-0.3, -0.25) is 4.90 Å². The van der Waals surface area contributed by atoms with Gasteiger partial charge in [-0.1, -0.05) is 18.2 Å². The minimum Gasteiger partial charge on any atom is -0.464 e. The molecule has 0 amide bonds. The Hall–Kier alpha value is -2.11. The summed E-state index contributed by atoms with van der Waals surface area (Å²) in [6.07, 6.45) is 3.64. The van der Waals surface area contributed by atoms with Crippen LogP contribution in [-0.4, -0.2) is 46.8 Å². The van der Waals surface area contributed by atoms with E-state index in [0.717, 1.165) is 31.4 Å². The average Bonchev–Trinajstić information content (AvgIpc) is 3.00. The van der Waals surface area contributed by atoms with Gasteiger partial charge in [0.25, 0.3) is 0 Å². The number of carbonyl (C=O) groups excluding carboxylic acids is 1. The molecule has 3 aliphatic rings. The Morgan fingerprint density at radius 1 is 1.35 bits per heavy atom. The summed E-state index contributed by atoms with van der Waals surface area (Å²) in [5.74, 6) is 0.181. The third-order valence-corrected chi connectivity index (χ3v) is 6.48. The van der Waals surface area contributed by atoms with Crippen molar-refractivity contribution < 1.29 is 14.6 Å². The molecule has 5 rings (SSSR count). The first-order valence-electron chi connectivity index (χ1n) is 9.45. The number of aliphatic hydroxyl groups excluding tert-OH is 1. The lowest BCUT2D eigenvalue weighted by Crippen LogP contribution is -2.50. The molecule has 3 aliphatic heterocycles. The largest absolute Gasteiger partial charge is 0.464 e. The number of piperidine rings is 1. The second kappa shape index (κ2) is 5.69. The van der Waals surface area contributed by atoms with Crippen LogP contribution in [0.25, 0.3) is 16.6 Å². The summed E-state index contributed by atoms with van der Waals surface area (Å²) in [4.78, 5) is 15.1. The lowest BCUT2D eigenvalue weighted by molar-refractivity contribution is -0.134.